The van der Waals surface area contributed by atoms with Gasteiger partial charge in [0, 0.05) is 30.7 Å². The first-order chi connectivity index (χ1) is 15.4. The number of anilines is 2. The summed E-state index contributed by atoms with van der Waals surface area (Å²) in [6.07, 6.45) is 6.13. The molecule has 0 unspecified atom stereocenters. The third-order valence-corrected chi connectivity index (χ3v) is 7.60. The zero-order chi connectivity index (χ0) is 22.3. The molecule has 166 valence electrons. The van der Waals surface area contributed by atoms with E-state index in [0.717, 1.165) is 16.9 Å². The largest absolute Gasteiger partial charge is 0.324 e. The first-order valence-corrected chi connectivity index (χ1v) is 12.4. The van der Waals surface area contributed by atoms with E-state index in [1.807, 2.05) is 59.2 Å². The van der Waals surface area contributed by atoms with Gasteiger partial charge < -0.3 is 9.47 Å². The fraction of sp³-hybridized carbons (Fsp3) is 0.304. The molecule has 9 heteroatoms. The molecule has 0 bridgehead atoms. The molecule has 32 heavy (non-hydrogen) atoms. The summed E-state index contributed by atoms with van der Waals surface area (Å²) in [5.74, 6) is 0.494. The molecule has 1 spiro atoms. The number of rotatable bonds is 3. The Bertz CT molecular complexity index is 1250. The van der Waals surface area contributed by atoms with E-state index in [0.29, 0.717) is 38.3 Å². The van der Waals surface area contributed by atoms with Gasteiger partial charge in [0.2, 0.25) is 10.0 Å². The van der Waals surface area contributed by atoms with E-state index in [2.05, 4.69) is 10.3 Å². The average molecular weight is 452 g/mol. The van der Waals surface area contributed by atoms with Gasteiger partial charge in [0.15, 0.2) is 5.82 Å². The van der Waals surface area contributed by atoms with Gasteiger partial charge >= 0.3 is 6.03 Å². The first-order valence-electron chi connectivity index (χ1n) is 10.6. The number of fused-ring (bicyclic) bond motifs is 2. The van der Waals surface area contributed by atoms with Crippen LogP contribution in [-0.4, -0.2) is 54.8 Å². The minimum absolute atomic E-state index is 0.190. The number of imidazole rings is 1. The van der Waals surface area contributed by atoms with Crippen molar-refractivity contribution >= 4 is 27.6 Å². The standard InChI is InChI=1S/C23H25N5O3S/c1-32(30,31)28-16-23(19-9-5-6-10-20(19)28)11-13-26(14-12-23)22(29)25-21-15-27(17-24-21)18-7-3-2-4-8-18/h2-10,15,17H,11-14,16H2,1H3,(H,25,29). The lowest BCUT2D eigenvalue weighted by atomic mass is 9.74. The molecule has 1 N–H and O–H groups in total. The van der Waals surface area contributed by atoms with Crippen LogP contribution in [0.1, 0.15) is 18.4 Å². The predicted octanol–water partition coefficient (Wildman–Crippen LogP) is 3.22. The van der Waals surface area contributed by atoms with Gasteiger partial charge in [0.1, 0.15) is 6.33 Å². The molecule has 1 fully saturated rings. The zero-order valence-electron chi connectivity index (χ0n) is 17.8. The van der Waals surface area contributed by atoms with Crippen LogP contribution in [0.4, 0.5) is 16.3 Å². The van der Waals surface area contributed by atoms with Crippen molar-refractivity contribution in [3.63, 3.8) is 0 Å². The molecule has 5 rings (SSSR count). The highest BCUT2D eigenvalue weighted by Crippen LogP contribution is 2.47. The number of aromatic nitrogens is 2. The lowest BCUT2D eigenvalue weighted by Gasteiger charge is -2.39. The highest BCUT2D eigenvalue weighted by Gasteiger charge is 2.47. The Balaban J connectivity index is 1.27. The molecule has 2 aliphatic heterocycles. The summed E-state index contributed by atoms with van der Waals surface area (Å²) in [5.41, 5.74) is 2.54. The first kappa shape index (κ1) is 20.6. The van der Waals surface area contributed by atoms with Crippen molar-refractivity contribution in [2.24, 2.45) is 0 Å². The third-order valence-electron chi connectivity index (χ3n) is 6.47. The van der Waals surface area contributed by atoms with Gasteiger partial charge in [-0.05, 0) is 36.6 Å². The Morgan fingerprint density at radius 2 is 1.72 bits per heavy atom. The quantitative estimate of drug-likeness (QED) is 0.662. The van der Waals surface area contributed by atoms with Crippen molar-refractivity contribution in [2.75, 3.05) is 35.5 Å². The average Bonchev–Trinajstić information content (AvgIpc) is 3.38. The number of amides is 2. The Morgan fingerprint density at radius 3 is 2.44 bits per heavy atom. The van der Waals surface area contributed by atoms with Crippen molar-refractivity contribution in [1.29, 1.82) is 0 Å². The summed E-state index contributed by atoms with van der Waals surface area (Å²) in [5, 5.41) is 2.88. The molecule has 2 amide bonds. The number of sulfonamides is 1. The summed E-state index contributed by atoms with van der Waals surface area (Å²) in [6.45, 7) is 1.54. The second-order valence-corrected chi connectivity index (χ2v) is 10.4. The fourth-order valence-electron chi connectivity index (χ4n) is 4.76. The van der Waals surface area contributed by atoms with Gasteiger partial charge in [-0.1, -0.05) is 36.4 Å². The summed E-state index contributed by atoms with van der Waals surface area (Å²) < 4.78 is 28.1. The number of piperidine rings is 1. The maximum Gasteiger partial charge on any atom is 0.323 e. The number of benzene rings is 2. The van der Waals surface area contributed by atoms with Crippen LogP contribution < -0.4 is 9.62 Å². The summed E-state index contributed by atoms with van der Waals surface area (Å²) in [4.78, 5) is 18.9. The molecule has 0 atom stereocenters. The molecule has 1 aromatic heterocycles. The van der Waals surface area contributed by atoms with E-state index in [4.69, 9.17) is 0 Å². The Kier molecular flexibility index (Phi) is 4.93. The molecule has 2 aromatic carbocycles. The Labute approximate surface area is 187 Å². The number of likely N-dealkylation sites (tertiary alicyclic amines) is 1. The van der Waals surface area contributed by atoms with Crippen LogP contribution >= 0.6 is 0 Å². The van der Waals surface area contributed by atoms with E-state index in [-0.39, 0.29) is 11.4 Å². The maximum absolute atomic E-state index is 12.8. The molecule has 3 aromatic rings. The molecule has 0 aliphatic carbocycles. The molecule has 1 saturated heterocycles. The van der Waals surface area contributed by atoms with Crippen molar-refractivity contribution in [2.45, 2.75) is 18.3 Å². The van der Waals surface area contributed by atoms with Crippen molar-refractivity contribution in [3.05, 3.63) is 72.7 Å². The Hall–Kier alpha value is -3.33. The van der Waals surface area contributed by atoms with Crippen LogP contribution in [0, 0.1) is 0 Å². The second-order valence-electron chi connectivity index (χ2n) is 8.49. The van der Waals surface area contributed by atoms with Crippen LogP contribution in [0.25, 0.3) is 5.69 Å². The number of para-hydroxylation sites is 2. The second kappa shape index (κ2) is 7.67. The predicted molar refractivity (Wildman–Crippen MR) is 124 cm³/mol. The summed E-state index contributed by atoms with van der Waals surface area (Å²) >= 11 is 0. The molecular formula is C23H25N5O3S. The minimum Gasteiger partial charge on any atom is -0.324 e. The number of hydrogen-bond donors (Lipinski definition) is 1. The number of nitrogens with one attached hydrogen (secondary N) is 1. The van der Waals surface area contributed by atoms with Crippen LogP contribution in [0.3, 0.4) is 0 Å². The van der Waals surface area contributed by atoms with Gasteiger partial charge in [-0.15, -0.1) is 0 Å². The lowest BCUT2D eigenvalue weighted by Crippen LogP contribution is -2.48. The van der Waals surface area contributed by atoms with Crippen LogP contribution in [0.15, 0.2) is 67.1 Å². The highest BCUT2D eigenvalue weighted by molar-refractivity contribution is 7.92. The normalized spacial score (nSPS) is 17.4. The lowest BCUT2D eigenvalue weighted by molar-refractivity contribution is 0.173. The van der Waals surface area contributed by atoms with Crippen molar-refractivity contribution in [3.8, 4) is 5.69 Å². The van der Waals surface area contributed by atoms with Gasteiger partial charge in [-0.2, -0.15) is 0 Å². The minimum atomic E-state index is -3.35. The smallest absolute Gasteiger partial charge is 0.323 e. The molecular weight excluding hydrogens is 426 g/mol. The molecule has 3 heterocycles. The molecule has 2 aliphatic rings. The maximum atomic E-state index is 12.8. The van der Waals surface area contributed by atoms with Gasteiger partial charge in [0.25, 0.3) is 0 Å². The highest BCUT2D eigenvalue weighted by atomic mass is 32.2. The topological polar surface area (TPSA) is 87.5 Å². The molecule has 0 radical (unpaired) electrons. The van der Waals surface area contributed by atoms with E-state index >= 15 is 0 Å². The number of nitrogens with zero attached hydrogens (tertiary/aromatic N) is 4. The van der Waals surface area contributed by atoms with Crippen LogP contribution in [-0.2, 0) is 15.4 Å². The van der Waals surface area contributed by atoms with Crippen molar-refractivity contribution in [1.82, 2.24) is 14.5 Å². The zero-order valence-corrected chi connectivity index (χ0v) is 18.6. The van der Waals surface area contributed by atoms with E-state index < -0.39 is 10.0 Å². The summed E-state index contributed by atoms with van der Waals surface area (Å²) in [6, 6.07) is 17.3. The summed E-state index contributed by atoms with van der Waals surface area (Å²) in [7, 11) is -3.35. The Morgan fingerprint density at radius 1 is 1.03 bits per heavy atom. The van der Waals surface area contributed by atoms with Crippen molar-refractivity contribution < 1.29 is 13.2 Å². The van der Waals surface area contributed by atoms with Gasteiger partial charge in [-0.25, -0.2) is 18.2 Å². The van der Waals surface area contributed by atoms with Crippen LogP contribution in [0.5, 0.6) is 0 Å². The monoisotopic (exact) mass is 451 g/mol. The number of carbonyl (C=O) groups excluding carboxylic acids is 1. The number of hydrogen-bond acceptors (Lipinski definition) is 4. The third kappa shape index (κ3) is 3.62. The van der Waals surface area contributed by atoms with E-state index in [9.17, 15) is 13.2 Å². The van der Waals surface area contributed by atoms with Gasteiger partial charge in [-0.3, -0.25) is 9.62 Å². The number of carbonyl (C=O) groups is 1. The van der Waals surface area contributed by atoms with E-state index in [1.54, 1.807) is 17.4 Å². The molecule has 0 saturated carbocycles. The van der Waals surface area contributed by atoms with Gasteiger partial charge in [0.05, 0.1) is 18.1 Å². The molecule has 8 nitrogen and oxygen atoms in total. The van der Waals surface area contributed by atoms with Crippen LogP contribution in [0.2, 0.25) is 0 Å². The SMILES string of the molecule is CS(=O)(=O)N1CC2(CCN(C(=O)Nc3cn(-c4ccccc4)cn3)CC2)c2ccccc21. The number of urea groups is 1. The van der Waals surface area contributed by atoms with E-state index in [1.165, 1.54) is 10.6 Å². The fourth-order valence-corrected chi connectivity index (χ4v) is 5.76.